The van der Waals surface area contributed by atoms with E-state index in [2.05, 4.69) is 35.8 Å². The van der Waals surface area contributed by atoms with Gasteiger partial charge < -0.3 is 10.5 Å². The van der Waals surface area contributed by atoms with Gasteiger partial charge in [0.05, 0.1) is 7.11 Å². The highest BCUT2D eigenvalue weighted by Crippen LogP contribution is 2.32. The third-order valence-electron chi connectivity index (χ3n) is 3.22. The van der Waals surface area contributed by atoms with Gasteiger partial charge in [0, 0.05) is 4.47 Å². The minimum atomic E-state index is 0.170. The van der Waals surface area contributed by atoms with Crippen molar-refractivity contribution < 1.29 is 4.74 Å². The Morgan fingerprint density at radius 2 is 2.12 bits per heavy atom. The molecule has 1 aromatic rings. The average molecular weight is 300 g/mol. The van der Waals surface area contributed by atoms with Crippen molar-refractivity contribution in [3.63, 3.8) is 0 Å². The van der Waals surface area contributed by atoms with Crippen molar-refractivity contribution in [2.75, 3.05) is 13.7 Å². The van der Waals surface area contributed by atoms with Crippen LogP contribution in [0.2, 0.25) is 0 Å². The summed E-state index contributed by atoms with van der Waals surface area (Å²) in [4.78, 5) is 0. The second-order valence-electron chi connectivity index (χ2n) is 4.90. The highest BCUT2D eigenvalue weighted by Gasteiger charge is 2.23. The molecule has 2 nitrogen and oxygen atoms in total. The van der Waals surface area contributed by atoms with Gasteiger partial charge in [-0.15, -0.1) is 0 Å². The zero-order valence-electron chi connectivity index (χ0n) is 10.9. The first-order chi connectivity index (χ1) is 8.04. The summed E-state index contributed by atoms with van der Waals surface area (Å²) in [6.45, 7) is 5.17. The third kappa shape index (κ3) is 4.00. The number of rotatable bonds is 6. The molecule has 3 heteroatoms. The lowest BCUT2D eigenvalue weighted by Gasteiger charge is -2.28. The SMILES string of the molecule is CCCC(C)(CN)Cc1cc(OC)ccc1Br. The summed E-state index contributed by atoms with van der Waals surface area (Å²) in [6.07, 6.45) is 3.29. The highest BCUT2D eigenvalue weighted by atomic mass is 79.9. The molecule has 0 heterocycles. The van der Waals surface area contributed by atoms with E-state index in [1.54, 1.807) is 7.11 Å². The second kappa shape index (κ2) is 6.41. The molecule has 0 aromatic heterocycles. The molecule has 0 fully saturated rings. The van der Waals surface area contributed by atoms with Gasteiger partial charge in [0.25, 0.3) is 0 Å². The summed E-state index contributed by atoms with van der Waals surface area (Å²) in [6, 6.07) is 6.10. The van der Waals surface area contributed by atoms with Gasteiger partial charge in [-0.05, 0) is 48.6 Å². The minimum Gasteiger partial charge on any atom is -0.497 e. The molecule has 1 atom stereocenters. The van der Waals surface area contributed by atoms with Crippen molar-refractivity contribution >= 4 is 15.9 Å². The molecule has 0 aliphatic rings. The number of benzene rings is 1. The molecule has 0 saturated carbocycles. The van der Waals surface area contributed by atoms with E-state index in [1.165, 1.54) is 5.56 Å². The maximum absolute atomic E-state index is 5.92. The Balaban J connectivity index is 2.92. The van der Waals surface area contributed by atoms with Crippen LogP contribution in [-0.4, -0.2) is 13.7 Å². The van der Waals surface area contributed by atoms with Crippen LogP contribution in [0.25, 0.3) is 0 Å². The first-order valence-electron chi connectivity index (χ1n) is 6.07. The molecule has 2 N–H and O–H groups in total. The zero-order chi connectivity index (χ0) is 12.9. The predicted molar refractivity (Wildman–Crippen MR) is 76.5 cm³/mol. The molecule has 17 heavy (non-hydrogen) atoms. The van der Waals surface area contributed by atoms with Crippen molar-refractivity contribution in [2.45, 2.75) is 33.1 Å². The van der Waals surface area contributed by atoms with Crippen LogP contribution in [0.3, 0.4) is 0 Å². The van der Waals surface area contributed by atoms with E-state index in [0.717, 1.165) is 29.5 Å². The Morgan fingerprint density at radius 3 is 2.65 bits per heavy atom. The molecule has 1 aromatic carbocycles. The summed E-state index contributed by atoms with van der Waals surface area (Å²) < 4.78 is 6.40. The van der Waals surface area contributed by atoms with Crippen LogP contribution in [0.1, 0.15) is 32.3 Å². The van der Waals surface area contributed by atoms with Crippen molar-refractivity contribution in [1.82, 2.24) is 0 Å². The molecule has 0 saturated heterocycles. The first-order valence-corrected chi connectivity index (χ1v) is 6.86. The van der Waals surface area contributed by atoms with Crippen LogP contribution >= 0.6 is 15.9 Å². The normalized spacial score (nSPS) is 14.4. The topological polar surface area (TPSA) is 35.2 Å². The number of methoxy groups -OCH3 is 1. The quantitative estimate of drug-likeness (QED) is 0.868. The van der Waals surface area contributed by atoms with Gasteiger partial charge in [-0.1, -0.05) is 36.2 Å². The van der Waals surface area contributed by atoms with Gasteiger partial charge in [-0.2, -0.15) is 0 Å². The summed E-state index contributed by atoms with van der Waals surface area (Å²) in [7, 11) is 1.70. The lowest BCUT2D eigenvalue weighted by Crippen LogP contribution is -2.29. The molecule has 0 amide bonds. The molecule has 0 spiro atoms. The Morgan fingerprint density at radius 1 is 1.41 bits per heavy atom. The summed E-state index contributed by atoms with van der Waals surface area (Å²) >= 11 is 3.60. The molecule has 0 radical (unpaired) electrons. The van der Waals surface area contributed by atoms with Crippen LogP contribution < -0.4 is 10.5 Å². The van der Waals surface area contributed by atoms with Gasteiger partial charge in [-0.3, -0.25) is 0 Å². The molecule has 96 valence electrons. The van der Waals surface area contributed by atoms with E-state index in [0.29, 0.717) is 6.54 Å². The van der Waals surface area contributed by atoms with Gasteiger partial charge in [0.1, 0.15) is 5.75 Å². The fraction of sp³-hybridized carbons (Fsp3) is 0.571. The zero-order valence-corrected chi connectivity index (χ0v) is 12.5. The molecule has 1 rings (SSSR count). The molecule has 0 aliphatic heterocycles. The molecule has 1 unspecified atom stereocenters. The maximum atomic E-state index is 5.92. The second-order valence-corrected chi connectivity index (χ2v) is 5.75. The Hall–Kier alpha value is -0.540. The Labute approximate surface area is 113 Å². The maximum Gasteiger partial charge on any atom is 0.119 e. The lowest BCUT2D eigenvalue weighted by molar-refractivity contribution is 0.301. The molecule has 0 aliphatic carbocycles. The standard InChI is InChI=1S/C14H22BrNO/c1-4-7-14(2,10-16)9-11-8-12(17-3)5-6-13(11)15/h5-6,8H,4,7,9-10,16H2,1-3H3. The van der Waals surface area contributed by atoms with E-state index in [1.807, 2.05) is 12.1 Å². The number of hydrogen-bond donors (Lipinski definition) is 1. The lowest BCUT2D eigenvalue weighted by atomic mass is 9.80. The highest BCUT2D eigenvalue weighted by molar-refractivity contribution is 9.10. The molecule has 0 bridgehead atoms. The van der Waals surface area contributed by atoms with Crippen molar-refractivity contribution in [3.8, 4) is 5.75 Å². The minimum absolute atomic E-state index is 0.170. The van der Waals surface area contributed by atoms with Crippen LogP contribution in [0.15, 0.2) is 22.7 Å². The molecular formula is C14H22BrNO. The average Bonchev–Trinajstić information content (AvgIpc) is 2.32. The van der Waals surface area contributed by atoms with Crippen LogP contribution in [0, 0.1) is 5.41 Å². The number of nitrogens with two attached hydrogens (primary N) is 1. The fourth-order valence-electron chi connectivity index (χ4n) is 2.14. The number of halogens is 1. The molecular weight excluding hydrogens is 278 g/mol. The van der Waals surface area contributed by atoms with Crippen LogP contribution in [0.5, 0.6) is 5.75 Å². The van der Waals surface area contributed by atoms with Crippen LogP contribution in [-0.2, 0) is 6.42 Å². The van der Waals surface area contributed by atoms with Gasteiger partial charge in [-0.25, -0.2) is 0 Å². The van der Waals surface area contributed by atoms with Crippen LogP contribution in [0.4, 0.5) is 0 Å². The van der Waals surface area contributed by atoms with E-state index in [9.17, 15) is 0 Å². The van der Waals surface area contributed by atoms with Gasteiger partial charge in [0.2, 0.25) is 0 Å². The van der Waals surface area contributed by atoms with E-state index in [4.69, 9.17) is 10.5 Å². The summed E-state index contributed by atoms with van der Waals surface area (Å²) in [5.74, 6) is 0.902. The Kier molecular flexibility index (Phi) is 5.47. The fourth-order valence-corrected chi connectivity index (χ4v) is 2.53. The largest absolute Gasteiger partial charge is 0.497 e. The van der Waals surface area contributed by atoms with E-state index >= 15 is 0 Å². The van der Waals surface area contributed by atoms with Gasteiger partial charge >= 0.3 is 0 Å². The van der Waals surface area contributed by atoms with Gasteiger partial charge in [0.15, 0.2) is 0 Å². The third-order valence-corrected chi connectivity index (χ3v) is 3.99. The van der Waals surface area contributed by atoms with Crippen molar-refractivity contribution in [1.29, 1.82) is 0 Å². The van der Waals surface area contributed by atoms with E-state index < -0.39 is 0 Å². The predicted octanol–water partition coefficient (Wildman–Crippen LogP) is 3.77. The summed E-state index contributed by atoms with van der Waals surface area (Å²) in [5.41, 5.74) is 7.35. The first kappa shape index (κ1) is 14.5. The smallest absolute Gasteiger partial charge is 0.119 e. The Bertz CT molecular complexity index is 367. The summed E-state index contributed by atoms with van der Waals surface area (Å²) in [5, 5.41) is 0. The van der Waals surface area contributed by atoms with Crippen molar-refractivity contribution in [2.24, 2.45) is 11.1 Å². The number of ether oxygens (including phenoxy) is 1. The number of hydrogen-bond acceptors (Lipinski definition) is 2. The van der Waals surface area contributed by atoms with Crippen molar-refractivity contribution in [3.05, 3.63) is 28.2 Å². The monoisotopic (exact) mass is 299 g/mol. The van der Waals surface area contributed by atoms with E-state index in [-0.39, 0.29) is 5.41 Å².